The van der Waals surface area contributed by atoms with Gasteiger partial charge in [0.15, 0.2) is 62.9 Å². The highest BCUT2D eigenvalue weighted by molar-refractivity contribution is 5.74. The van der Waals surface area contributed by atoms with E-state index in [0.717, 1.165) is 20.8 Å². The molecule has 52 nitrogen and oxygen atoms in total. The van der Waals surface area contributed by atoms with E-state index in [1.807, 2.05) is 0 Å². The van der Waals surface area contributed by atoms with Crippen molar-refractivity contribution in [3.05, 3.63) is 0 Å². The van der Waals surface area contributed by atoms with Crippen molar-refractivity contribution in [2.45, 2.75) is 341 Å². The van der Waals surface area contributed by atoms with Gasteiger partial charge in [-0.05, 0) is 13.8 Å². The highest BCUT2D eigenvalue weighted by Gasteiger charge is 2.62. The Balaban J connectivity index is 0.954. The molecular formula is C66H111N3O49. The first-order chi connectivity index (χ1) is 55.8. The van der Waals surface area contributed by atoms with Gasteiger partial charge < -0.3 is 244 Å². The zero-order valence-corrected chi connectivity index (χ0v) is 63.6. The van der Waals surface area contributed by atoms with E-state index in [0.29, 0.717) is 0 Å². The van der Waals surface area contributed by atoms with Crippen molar-refractivity contribution >= 4 is 17.7 Å². The van der Waals surface area contributed by atoms with Crippen molar-refractivity contribution in [3.8, 4) is 0 Å². The van der Waals surface area contributed by atoms with Crippen molar-refractivity contribution in [3.63, 3.8) is 0 Å². The van der Waals surface area contributed by atoms with E-state index in [1.165, 1.54) is 13.8 Å². The Kier molecular flexibility index (Phi) is 34.3. The number of hydrogen-bond acceptors (Lipinski definition) is 49. The Morgan fingerprint density at radius 3 is 0.864 bits per heavy atom. The van der Waals surface area contributed by atoms with Crippen molar-refractivity contribution < 1.29 is 242 Å². The predicted octanol–water partition coefficient (Wildman–Crippen LogP) is -20.3. The summed E-state index contributed by atoms with van der Waals surface area (Å²) in [5, 5.41) is 307. The van der Waals surface area contributed by atoms with E-state index in [4.69, 9.17) is 90.0 Å². The topological polar surface area (TPSA) is 809 Å². The third kappa shape index (κ3) is 20.8. The maximum atomic E-state index is 13.2. The third-order valence-electron chi connectivity index (χ3n) is 22.0. The van der Waals surface area contributed by atoms with Crippen molar-refractivity contribution in [2.24, 2.45) is 0 Å². The number of carbonyl (C=O) groups is 3. The first-order valence-corrected chi connectivity index (χ1v) is 37.9. The summed E-state index contributed by atoms with van der Waals surface area (Å²) < 4.78 is 112. The lowest BCUT2D eigenvalue weighted by atomic mass is 9.93. The summed E-state index contributed by atoms with van der Waals surface area (Å²) in [7, 11) is 0. The molecule has 52 heteroatoms. The van der Waals surface area contributed by atoms with E-state index >= 15 is 0 Å². The van der Waals surface area contributed by atoms with Gasteiger partial charge in [-0.25, -0.2) is 0 Å². The van der Waals surface area contributed by atoms with Crippen molar-refractivity contribution in [1.29, 1.82) is 0 Å². The van der Waals surface area contributed by atoms with E-state index in [1.54, 1.807) is 0 Å². The number of ether oxygens (including phenoxy) is 19. The summed E-state index contributed by atoms with van der Waals surface area (Å²) in [6.45, 7) is -3.58. The summed E-state index contributed by atoms with van der Waals surface area (Å²) in [5.74, 6) is -2.94. The van der Waals surface area contributed by atoms with E-state index in [2.05, 4.69) is 16.0 Å². The van der Waals surface area contributed by atoms with Gasteiger partial charge in [0.1, 0.15) is 232 Å². The molecule has 118 heavy (non-hydrogen) atoms. The second-order valence-corrected chi connectivity index (χ2v) is 30.2. The van der Waals surface area contributed by atoms with Crippen molar-refractivity contribution in [1.82, 2.24) is 16.0 Å². The van der Waals surface area contributed by atoms with Gasteiger partial charge in [-0.1, -0.05) is 0 Å². The molecule has 0 aromatic carbocycles. The number of carbonyl (C=O) groups excluding carboxylic acids is 3. The van der Waals surface area contributed by atoms with Crippen LogP contribution in [0.15, 0.2) is 0 Å². The van der Waals surface area contributed by atoms with Crippen LogP contribution in [0, 0.1) is 0 Å². The molecule has 10 fully saturated rings. The molecule has 0 bridgehead atoms. The lowest BCUT2D eigenvalue weighted by Gasteiger charge is -2.51. The maximum Gasteiger partial charge on any atom is 0.217 e. The van der Waals surface area contributed by atoms with Gasteiger partial charge in [-0.15, -0.1) is 0 Å². The van der Waals surface area contributed by atoms with Gasteiger partial charge >= 0.3 is 0 Å². The normalized spacial score (nSPS) is 51.1. The molecule has 3 amide bonds. The third-order valence-corrected chi connectivity index (χ3v) is 22.0. The average molecular weight is 1730 g/mol. The van der Waals surface area contributed by atoms with Gasteiger partial charge in [0.05, 0.1) is 65.1 Å². The van der Waals surface area contributed by atoms with E-state index in [-0.39, 0.29) is 0 Å². The summed E-state index contributed by atoms with van der Waals surface area (Å²) >= 11 is 0. The van der Waals surface area contributed by atoms with Crippen molar-refractivity contribution in [2.75, 3.05) is 52.9 Å². The molecule has 10 rings (SSSR count). The first-order valence-electron chi connectivity index (χ1n) is 37.9. The van der Waals surface area contributed by atoms with Crippen LogP contribution in [-0.4, -0.2) is 515 Å². The van der Waals surface area contributed by atoms with E-state index in [9.17, 15) is 152 Å². The molecule has 0 saturated carbocycles. The van der Waals surface area contributed by atoms with Crippen LogP contribution in [0.1, 0.15) is 34.6 Å². The Morgan fingerprint density at radius 2 is 0.500 bits per heavy atom. The zero-order chi connectivity index (χ0) is 86.8. The molecular weight excluding hydrogens is 1620 g/mol. The lowest BCUT2D eigenvalue weighted by molar-refractivity contribution is -0.394. The fourth-order valence-electron chi connectivity index (χ4n) is 15.4. The van der Waals surface area contributed by atoms with E-state index < -0.39 is 377 Å². The quantitative estimate of drug-likeness (QED) is 0.0331. The monoisotopic (exact) mass is 1730 g/mol. The largest absolute Gasteiger partial charge is 0.394 e. The minimum Gasteiger partial charge on any atom is -0.394 e. The molecule has 30 N–H and O–H groups in total. The van der Waals surface area contributed by atoms with Gasteiger partial charge in [-0.3, -0.25) is 14.4 Å². The maximum absolute atomic E-state index is 13.2. The standard InChI is InChI=1S/C66H111N3O49/c1-14-30(80)39(89)45(95)61(101-14)117-55-41(91)32(82)19(6-70)105-65(55)113-50-23(10-74)107-58(27(36(50)86)67-16(3)77)100-13-26-35(85)54(116-60-29(69-18(5)79)38(88)51(25(12-76)109-60)114-66-56(42(92)33(83)20(7-71)106-66)118-62-46(96)40(90)31(81)15(2)102-62)48(98)64(110-26)111-49-24(11-75)108-59(28(37(49)87)68-17(4)78)115-53-34(84)21(8-72)104-63(47(53)97)112-52-22(9-73)103-57(99)44(94)43(52)93/h14-15,19-66,70-76,80-99H,6-13H2,1-5H3,(H,67,77)(H,68,78)(H,69,79)/t14-,15-,19+,20+,21+,22+,23+,24+,25+,26+,27+,28+,29+,30+,31+,32-,33-,34-,35-,36+,37+,38+,39+,40+,41-,42-,43+,44+,45-,46-,47+,48+,49+,50-,51-,52+,53-,54-,55+,56+,57+,58-,59-,60+,61-,62-,63-,64-,65-,66-/m0/s1. The fraction of sp³-hybridized carbons (Fsp3) is 0.955. The molecule has 0 aliphatic carbocycles. The molecule has 10 aliphatic rings. The smallest absolute Gasteiger partial charge is 0.217 e. The predicted molar refractivity (Wildman–Crippen MR) is 362 cm³/mol. The zero-order valence-electron chi connectivity index (χ0n) is 63.6. The van der Waals surface area contributed by atoms with Crippen LogP contribution < -0.4 is 16.0 Å². The van der Waals surface area contributed by atoms with Gasteiger partial charge in [0.2, 0.25) is 17.7 Å². The molecule has 684 valence electrons. The summed E-state index contributed by atoms with van der Waals surface area (Å²) in [6.07, 6.45) is -95.0. The molecule has 0 spiro atoms. The number of aliphatic hydroxyl groups excluding tert-OH is 27. The molecule has 10 saturated heterocycles. The molecule has 50 atom stereocenters. The van der Waals surface area contributed by atoms with Crippen LogP contribution in [0.2, 0.25) is 0 Å². The molecule has 0 aromatic rings. The Hall–Kier alpha value is -3.43. The number of nitrogens with one attached hydrogen (secondary N) is 3. The number of amides is 3. The highest BCUT2D eigenvalue weighted by atomic mass is 16.8. The molecule has 10 aliphatic heterocycles. The highest BCUT2D eigenvalue weighted by Crippen LogP contribution is 2.41. The Morgan fingerprint density at radius 1 is 0.237 bits per heavy atom. The number of aliphatic hydroxyl groups is 27. The van der Waals surface area contributed by atoms with Gasteiger partial charge in [-0.2, -0.15) is 0 Å². The van der Waals surface area contributed by atoms with Crippen LogP contribution in [0.25, 0.3) is 0 Å². The summed E-state index contributed by atoms with van der Waals surface area (Å²) in [4.78, 5) is 39.5. The lowest BCUT2D eigenvalue weighted by Crippen LogP contribution is -2.71. The van der Waals surface area contributed by atoms with Crippen LogP contribution in [0.4, 0.5) is 0 Å². The molecule has 0 radical (unpaired) electrons. The summed E-state index contributed by atoms with van der Waals surface area (Å²) in [5.41, 5.74) is 0. The van der Waals surface area contributed by atoms with Crippen LogP contribution in [-0.2, 0) is 104 Å². The van der Waals surface area contributed by atoms with Crippen LogP contribution in [0.3, 0.4) is 0 Å². The summed E-state index contributed by atoms with van der Waals surface area (Å²) in [6, 6.07) is -5.97. The SMILES string of the molecule is CC(=O)N[C@H]1[C@@H](OC[C@H]2O[C@@H](O[C@H]3[C@H](O)[C@@H](NC(C)=O)[C@H](O[C@H]4[C@@H](O)[C@@H](CO)O[C@@H](O[C@H]5[C@H](O)[C@@H](O)[C@H](O)O[C@@H]5CO)[C@@H]4O)O[C@@H]3CO)[C@H](O)[C@@H](O[C@H]3O[C@H](CO)[C@H](O[C@@H]4O[C@H](CO)[C@H](O)[C@H](O)[C@H]4O[C@@H]4O[C@@H](C)[C@@H](O)[C@@H](O)[C@@H]4O)[C@H](O)[C@H]3NC(C)=O)[C@H]2O)O[C@H](CO)[C@H](O[C@@H]2O[C@H](CO)[C@H](O)[C@H](O)[C@H]2O[C@@H]2O[C@@H](C)[C@@H](O)[C@@H](O)[C@@H]2O)[C@@H]1O. The fourth-order valence-corrected chi connectivity index (χ4v) is 15.4. The minimum atomic E-state index is -2.55. The minimum absolute atomic E-state index is 0.913. The van der Waals surface area contributed by atoms with Gasteiger partial charge in [0.25, 0.3) is 0 Å². The van der Waals surface area contributed by atoms with Crippen LogP contribution in [0.5, 0.6) is 0 Å². The van der Waals surface area contributed by atoms with Gasteiger partial charge in [0, 0.05) is 20.8 Å². The first kappa shape index (κ1) is 96.8. The molecule has 0 aromatic heterocycles. The average Bonchev–Trinajstić information content (AvgIpc) is 0.769. The second kappa shape index (κ2) is 41.8. The van der Waals surface area contributed by atoms with Crippen LogP contribution >= 0.6 is 0 Å². The second-order valence-electron chi connectivity index (χ2n) is 30.2. The Labute approximate surface area is 668 Å². The molecule has 0 unspecified atom stereocenters. The number of hydrogen-bond donors (Lipinski definition) is 30. The molecule has 10 heterocycles. The Bertz CT molecular complexity index is 3140. The number of rotatable bonds is 29.